The molecule has 0 aliphatic carbocycles. The number of hydrogen-bond donors (Lipinski definition) is 1. The highest BCUT2D eigenvalue weighted by Crippen LogP contribution is 2.41. The van der Waals surface area contributed by atoms with E-state index in [1.165, 1.54) is 11.8 Å². The summed E-state index contributed by atoms with van der Waals surface area (Å²) >= 11 is 1.44. The van der Waals surface area contributed by atoms with E-state index >= 15 is 0 Å². The van der Waals surface area contributed by atoms with Gasteiger partial charge >= 0.3 is 0 Å². The molecular formula is C22H22N2O3S. The summed E-state index contributed by atoms with van der Waals surface area (Å²) in [6.45, 7) is 1.28. The molecule has 1 saturated heterocycles. The molecule has 1 atom stereocenters. The third-order valence-corrected chi connectivity index (χ3v) is 6.01. The average Bonchev–Trinajstić information content (AvgIpc) is 3.24. The fourth-order valence-electron chi connectivity index (χ4n) is 3.35. The Labute approximate surface area is 168 Å². The zero-order valence-corrected chi connectivity index (χ0v) is 16.5. The summed E-state index contributed by atoms with van der Waals surface area (Å²) in [6.07, 6.45) is 4.03. The lowest BCUT2D eigenvalue weighted by molar-refractivity contribution is -0.114. The molecule has 4 rings (SSSR count). The Morgan fingerprint density at radius 2 is 2.11 bits per heavy atom. The standard InChI is InChI=1S/C22H22N2O3S/c1-24-18-13-16(21(25)23-14-17-8-5-11-27-17)9-10-19(18)28-20(22(24)26)12-15-6-3-2-4-7-15/h2-4,6-7,9-10,12-13,17H,5,8,11,14H2,1H3,(H,23,25)/b20-12+/t17-/m0/s1. The minimum absolute atomic E-state index is 0.0710. The fraction of sp³-hybridized carbons (Fsp3) is 0.273. The third kappa shape index (κ3) is 3.98. The second-order valence-corrected chi connectivity index (χ2v) is 8.00. The molecule has 2 aliphatic rings. The molecule has 5 nitrogen and oxygen atoms in total. The normalized spacial score (nSPS) is 20.3. The van der Waals surface area contributed by atoms with Gasteiger partial charge in [0.2, 0.25) is 0 Å². The number of amides is 2. The second-order valence-electron chi connectivity index (χ2n) is 6.91. The Kier molecular flexibility index (Phi) is 5.50. The molecule has 0 aromatic heterocycles. The zero-order valence-electron chi connectivity index (χ0n) is 15.7. The molecule has 1 N–H and O–H groups in total. The number of likely N-dealkylation sites (N-methyl/N-ethyl adjacent to an activating group) is 1. The summed E-state index contributed by atoms with van der Waals surface area (Å²) in [6, 6.07) is 15.3. The smallest absolute Gasteiger partial charge is 0.264 e. The predicted octanol–water partition coefficient (Wildman–Crippen LogP) is 3.71. The fourth-order valence-corrected chi connectivity index (χ4v) is 4.44. The topological polar surface area (TPSA) is 58.6 Å². The Morgan fingerprint density at radius 1 is 1.29 bits per heavy atom. The van der Waals surface area contributed by atoms with Crippen LogP contribution in [0.4, 0.5) is 5.69 Å². The van der Waals surface area contributed by atoms with Crippen LogP contribution in [0.1, 0.15) is 28.8 Å². The van der Waals surface area contributed by atoms with Crippen LogP contribution in [0.15, 0.2) is 58.3 Å². The first kappa shape index (κ1) is 18.8. The van der Waals surface area contributed by atoms with Crippen LogP contribution < -0.4 is 10.2 Å². The summed E-state index contributed by atoms with van der Waals surface area (Å²) in [7, 11) is 1.74. The minimum atomic E-state index is -0.144. The summed E-state index contributed by atoms with van der Waals surface area (Å²) in [4.78, 5) is 28.5. The van der Waals surface area contributed by atoms with E-state index in [1.807, 2.05) is 42.5 Å². The first-order valence-electron chi connectivity index (χ1n) is 9.38. The Morgan fingerprint density at radius 3 is 2.86 bits per heavy atom. The highest BCUT2D eigenvalue weighted by atomic mass is 32.2. The third-order valence-electron chi connectivity index (χ3n) is 4.93. The number of benzene rings is 2. The molecule has 144 valence electrons. The maximum Gasteiger partial charge on any atom is 0.264 e. The summed E-state index contributed by atoms with van der Waals surface area (Å²) < 4.78 is 5.54. The Bertz CT molecular complexity index is 921. The van der Waals surface area contributed by atoms with Gasteiger partial charge in [-0.2, -0.15) is 0 Å². The van der Waals surface area contributed by atoms with E-state index in [4.69, 9.17) is 4.74 Å². The molecule has 0 unspecified atom stereocenters. The molecule has 2 heterocycles. The van der Waals surface area contributed by atoms with Gasteiger partial charge < -0.3 is 15.0 Å². The predicted molar refractivity (Wildman–Crippen MR) is 111 cm³/mol. The van der Waals surface area contributed by atoms with Gasteiger partial charge in [0.1, 0.15) is 0 Å². The van der Waals surface area contributed by atoms with Crippen LogP contribution in [0.5, 0.6) is 0 Å². The van der Waals surface area contributed by atoms with Crippen molar-refractivity contribution in [2.45, 2.75) is 23.8 Å². The van der Waals surface area contributed by atoms with Gasteiger partial charge in [-0.1, -0.05) is 42.1 Å². The lowest BCUT2D eigenvalue weighted by Gasteiger charge is -2.27. The van der Waals surface area contributed by atoms with Crippen molar-refractivity contribution in [3.63, 3.8) is 0 Å². The molecule has 1 fully saturated rings. The molecule has 2 amide bonds. The average molecular weight is 394 g/mol. The van der Waals surface area contributed by atoms with Crippen LogP contribution >= 0.6 is 11.8 Å². The largest absolute Gasteiger partial charge is 0.376 e. The molecule has 2 aliphatic heterocycles. The second kappa shape index (κ2) is 8.20. The van der Waals surface area contributed by atoms with E-state index in [9.17, 15) is 9.59 Å². The van der Waals surface area contributed by atoms with Crippen molar-refractivity contribution in [2.24, 2.45) is 0 Å². The van der Waals surface area contributed by atoms with E-state index in [0.29, 0.717) is 17.0 Å². The summed E-state index contributed by atoms with van der Waals surface area (Å²) in [5, 5.41) is 2.93. The number of thioether (sulfide) groups is 1. The Hall–Kier alpha value is -2.57. The van der Waals surface area contributed by atoms with Crippen molar-refractivity contribution in [1.82, 2.24) is 5.32 Å². The summed E-state index contributed by atoms with van der Waals surface area (Å²) in [5.74, 6) is -0.215. The van der Waals surface area contributed by atoms with Crippen molar-refractivity contribution in [3.05, 3.63) is 64.6 Å². The number of nitrogens with one attached hydrogen (secondary N) is 1. The SMILES string of the molecule is CN1C(=O)/C(=C\c2ccccc2)Sc2ccc(C(=O)NC[C@@H]3CCCO3)cc21. The van der Waals surface area contributed by atoms with Crippen molar-refractivity contribution >= 4 is 35.3 Å². The summed E-state index contributed by atoms with van der Waals surface area (Å²) in [5.41, 5.74) is 2.29. The molecule has 28 heavy (non-hydrogen) atoms. The van der Waals surface area contributed by atoms with Gasteiger partial charge in [0.25, 0.3) is 11.8 Å². The minimum Gasteiger partial charge on any atom is -0.376 e. The maximum absolute atomic E-state index is 12.8. The Balaban J connectivity index is 1.52. The van der Waals surface area contributed by atoms with Gasteiger partial charge in [0.15, 0.2) is 0 Å². The first-order chi connectivity index (χ1) is 13.6. The number of hydrogen-bond acceptors (Lipinski definition) is 4. The molecule has 2 aromatic carbocycles. The van der Waals surface area contributed by atoms with Gasteiger partial charge in [-0.25, -0.2) is 0 Å². The van der Waals surface area contributed by atoms with E-state index in [0.717, 1.165) is 35.6 Å². The number of carbonyl (C=O) groups excluding carboxylic acids is 2. The molecule has 0 bridgehead atoms. The molecule has 2 aromatic rings. The number of rotatable bonds is 4. The maximum atomic E-state index is 12.8. The zero-order chi connectivity index (χ0) is 19.5. The number of fused-ring (bicyclic) bond motifs is 1. The van der Waals surface area contributed by atoms with Crippen LogP contribution in [0.3, 0.4) is 0 Å². The molecular weight excluding hydrogens is 372 g/mol. The van der Waals surface area contributed by atoms with Crippen molar-refractivity contribution in [1.29, 1.82) is 0 Å². The number of ether oxygens (including phenoxy) is 1. The molecule has 0 saturated carbocycles. The van der Waals surface area contributed by atoms with Crippen LogP contribution in [-0.2, 0) is 9.53 Å². The van der Waals surface area contributed by atoms with Gasteiger partial charge in [-0.05, 0) is 42.7 Å². The quantitative estimate of drug-likeness (QED) is 0.804. The van der Waals surface area contributed by atoms with Crippen LogP contribution in [0.25, 0.3) is 6.08 Å². The van der Waals surface area contributed by atoms with Gasteiger partial charge in [-0.3, -0.25) is 9.59 Å². The van der Waals surface area contributed by atoms with Crippen molar-refractivity contribution in [3.8, 4) is 0 Å². The highest BCUT2D eigenvalue weighted by Gasteiger charge is 2.27. The number of carbonyl (C=O) groups is 2. The molecule has 0 radical (unpaired) electrons. The number of anilines is 1. The van der Waals surface area contributed by atoms with Crippen LogP contribution in [0, 0.1) is 0 Å². The van der Waals surface area contributed by atoms with Gasteiger partial charge in [0.05, 0.1) is 16.7 Å². The lowest BCUT2D eigenvalue weighted by atomic mass is 10.1. The lowest BCUT2D eigenvalue weighted by Crippen LogP contribution is -2.33. The van der Waals surface area contributed by atoms with Crippen LogP contribution in [0.2, 0.25) is 0 Å². The van der Waals surface area contributed by atoms with Gasteiger partial charge in [0, 0.05) is 30.7 Å². The van der Waals surface area contributed by atoms with E-state index in [1.54, 1.807) is 24.1 Å². The molecule has 0 spiro atoms. The van der Waals surface area contributed by atoms with Crippen molar-refractivity contribution < 1.29 is 14.3 Å². The van der Waals surface area contributed by atoms with Gasteiger partial charge in [-0.15, -0.1) is 0 Å². The molecule has 6 heteroatoms. The van der Waals surface area contributed by atoms with E-state index in [2.05, 4.69) is 5.32 Å². The van der Waals surface area contributed by atoms with E-state index < -0.39 is 0 Å². The van der Waals surface area contributed by atoms with Crippen molar-refractivity contribution in [2.75, 3.05) is 25.1 Å². The number of nitrogens with zero attached hydrogens (tertiary/aromatic N) is 1. The first-order valence-corrected chi connectivity index (χ1v) is 10.2. The van der Waals surface area contributed by atoms with E-state index in [-0.39, 0.29) is 17.9 Å². The monoisotopic (exact) mass is 394 g/mol. The highest BCUT2D eigenvalue weighted by molar-refractivity contribution is 8.04. The van der Waals surface area contributed by atoms with Crippen LogP contribution in [-0.4, -0.2) is 38.1 Å².